The molecule has 0 heterocycles. The lowest BCUT2D eigenvalue weighted by Crippen LogP contribution is -2.41. The van der Waals surface area contributed by atoms with E-state index >= 15 is 0 Å². The van der Waals surface area contributed by atoms with Gasteiger partial charge < -0.3 is 10.6 Å². The summed E-state index contributed by atoms with van der Waals surface area (Å²) in [4.78, 5) is 45.1. The second-order valence-electron chi connectivity index (χ2n) is 5.75. The van der Waals surface area contributed by atoms with Gasteiger partial charge in [-0.25, -0.2) is 9.59 Å². The largest absolute Gasteiger partial charge is 0.341 e. The Balaban J connectivity index is 3.65. The van der Waals surface area contributed by atoms with Crippen molar-refractivity contribution in [3.05, 3.63) is 0 Å². The van der Waals surface area contributed by atoms with Crippen molar-refractivity contribution in [3.63, 3.8) is 0 Å². The first-order chi connectivity index (χ1) is 10.6. The molecule has 0 aromatic heterocycles. The van der Waals surface area contributed by atoms with Crippen molar-refractivity contribution in [1.82, 2.24) is 21.3 Å². The van der Waals surface area contributed by atoms with Gasteiger partial charge in [-0.1, -0.05) is 42.4 Å². The Morgan fingerprint density at radius 2 is 1.52 bits per heavy atom. The Kier molecular flexibility index (Phi) is 10.5. The summed E-state index contributed by atoms with van der Waals surface area (Å²) in [7, 11) is 4.08. The molecule has 0 saturated heterocycles. The third-order valence-corrected chi connectivity index (χ3v) is 4.44. The molecule has 0 radical (unpaired) electrons. The maximum Gasteiger partial charge on any atom is 0.321 e. The summed E-state index contributed by atoms with van der Waals surface area (Å²) in [6.07, 6.45) is 0.269. The first-order valence-corrected chi connectivity index (χ1v) is 9.46. The van der Waals surface area contributed by atoms with E-state index in [1.807, 2.05) is 20.8 Å². The summed E-state index contributed by atoms with van der Waals surface area (Å²) in [5.74, 6) is -0.00380. The fourth-order valence-electron chi connectivity index (χ4n) is 1.28. The van der Waals surface area contributed by atoms with Gasteiger partial charge in [0, 0.05) is 25.8 Å². The predicted octanol–water partition coefficient (Wildman–Crippen LogP) is 1.09. The quantitative estimate of drug-likeness (QED) is 0.397. The number of hydrogen-bond donors (Lipinski definition) is 4. The number of carbonyl (C=O) groups excluding carboxylic acids is 4. The number of nitrogens with one attached hydrogen (secondary N) is 4. The molecule has 0 aliphatic heterocycles. The fourth-order valence-corrected chi connectivity index (χ4v) is 3.02. The highest BCUT2D eigenvalue weighted by Crippen LogP contribution is 2.19. The number of urea groups is 2. The maximum atomic E-state index is 11.5. The van der Waals surface area contributed by atoms with Crippen LogP contribution in [0.4, 0.5) is 9.59 Å². The Bertz CT molecular complexity index is 438. The van der Waals surface area contributed by atoms with Crippen LogP contribution in [0.2, 0.25) is 0 Å². The normalized spacial score (nSPS) is 10.6. The number of carbonyl (C=O) groups is 4. The number of amides is 6. The zero-order chi connectivity index (χ0) is 17.9. The van der Waals surface area contributed by atoms with Crippen LogP contribution in [0, 0.1) is 5.41 Å². The molecular weight excluding hydrogens is 340 g/mol. The van der Waals surface area contributed by atoms with Gasteiger partial charge >= 0.3 is 12.1 Å². The summed E-state index contributed by atoms with van der Waals surface area (Å²) >= 11 is 0. The van der Waals surface area contributed by atoms with Crippen molar-refractivity contribution in [2.24, 2.45) is 5.41 Å². The minimum atomic E-state index is -0.543. The van der Waals surface area contributed by atoms with Gasteiger partial charge in [-0.2, -0.15) is 0 Å². The van der Waals surface area contributed by atoms with Crippen molar-refractivity contribution in [3.8, 4) is 0 Å². The van der Waals surface area contributed by atoms with Gasteiger partial charge in [0.25, 0.3) is 0 Å². The van der Waals surface area contributed by atoms with Crippen LogP contribution in [-0.4, -0.2) is 49.0 Å². The van der Waals surface area contributed by atoms with Crippen LogP contribution in [0.1, 0.15) is 27.2 Å². The third kappa shape index (κ3) is 13.9. The van der Waals surface area contributed by atoms with E-state index in [2.05, 4.69) is 21.3 Å². The summed E-state index contributed by atoms with van der Waals surface area (Å²) in [6, 6.07) is -1.07. The number of hydrogen-bond acceptors (Lipinski definition) is 6. The molecule has 8 nitrogen and oxygen atoms in total. The number of rotatable bonds is 7. The molecule has 0 aliphatic rings. The Morgan fingerprint density at radius 1 is 0.913 bits per heavy atom. The first-order valence-electron chi connectivity index (χ1n) is 6.97. The third-order valence-electron chi connectivity index (χ3n) is 2.17. The van der Waals surface area contributed by atoms with Crippen molar-refractivity contribution in [1.29, 1.82) is 0 Å². The van der Waals surface area contributed by atoms with Crippen molar-refractivity contribution in [2.45, 2.75) is 27.2 Å². The van der Waals surface area contributed by atoms with Gasteiger partial charge in [-0.15, -0.1) is 0 Å². The van der Waals surface area contributed by atoms with Gasteiger partial charge in [0.1, 0.15) is 0 Å². The Hall–Kier alpha value is -1.42. The highest BCUT2D eigenvalue weighted by molar-refractivity contribution is 8.76. The molecule has 23 heavy (non-hydrogen) atoms. The molecule has 4 N–H and O–H groups in total. The molecule has 0 atom stereocenters. The van der Waals surface area contributed by atoms with E-state index < -0.39 is 12.1 Å². The van der Waals surface area contributed by atoms with E-state index in [-0.39, 0.29) is 29.4 Å². The highest BCUT2D eigenvalue weighted by atomic mass is 33.1. The molecule has 0 unspecified atom stereocenters. The molecule has 0 rings (SSSR count). The molecule has 10 heteroatoms. The Labute approximate surface area is 144 Å². The molecule has 0 aromatic carbocycles. The lowest BCUT2D eigenvalue weighted by atomic mass is 9.92. The Morgan fingerprint density at radius 3 is 2.09 bits per heavy atom. The van der Waals surface area contributed by atoms with E-state index in [0.29, 0.717) is 12.3 Å². The molecule has 6 amide bonds. The smallest absolute Gasteiger partial charge is 0.321 e. The van der Waals surface area contributed by atoms with E-state index in [0.717, 1.165) is 0 Å². The molecule has 132 valence electrons. The number of imide groups is 2. The van der Waals surface area contributed by atoms with Crippen LogP contribution in [0.3, 0.4) is 0 Å². The predicted molar refractivity (Wildman–Crippen MR) is 93.1 cm³/mol. The van der Waals surface area contributed by atoms with E-state index in [9.17, 15) is 19.2 Å². The minimum absolute atomic E-state index is 0.133. The van der Waals surface area contributed by atoms with Crippen molar-refractivity contribution < 1.29 is 19.2 Å². The van der Waals surface area contributed by atoms with E-state index in [1.165, 1.54) is 28.6 Å². The second-order valence-corrected chi connectivity index (χ2v) is 8.34. The van der Waals surface area contributed by atoms with Crippen molar-refractivity contribution in [2.75, 3.05) is 25.1 Å². The molecular formula is C13H24N4O4S2. The van der Waals surface area contributed by atoms with Crippen LogP contribution in [0.25, 0.3) is 0 Å². The minimum Gasteiger partial charge on any atom is -0.341 e. The average molecular weight is 364 g/mol. The monoisotopic (exact) mass is 364 g/mol. The van der Waals surface area contributed by atoms with E-state index in [1.54, 1.807) is 0 Å². The van der Waals surface area contributed by atoms with Crippen molar-refractivity contribution >= 4 is 45.5 Å². The van der Waals surface area contributed by atoms with Crippen LogP contribution >= 0.6 is 21.6 Å². The zero-order valence-electron chi connectivity index (χ0n) is 13.8. The van der Waals surface area contributed by atoms with Gasteiger partial charge in [-0.05, 0) is 5.41 Å². The van der Waals surface area contributed by atoms with Crippen LogP contribution in [0.5, 0.6) is 0 Å². The van der Waals surface area contributed by atoms with Gasteiger partial charge in [0.05, 0.1) is 5.75 Å². The molecule has 0 spiro atoms. The lowest BCUT2D eigenvalue weighted by Gasteiger charge is -2.16. The van der Waals surface area contributed by atoms with Gasteiger partial charge in [-0.3, -0.25) is 20.2 Å². The topological polar surface area (TPSA) is 116 Å². The lowest BCUT2D eigenvalue weighted by molar-refractivity contribution is -0.121. The molecule has 0 aliphatic carbocycles. The molecule has 0 saturated carbocycles. The second kappa shape index (κ2) is 11.2. The summed E-state index contributed by atoms with van der Waals surface area (Å²) in [5.41, 5.74) is -0.174. The standard InChI is InChI=1S/C13H24N4O4S2/c1-13(2,3)7-9(18)16-12(21)15-5-6-22-23-8-10(19)17-11(20)14-4/h5-8H2,1-4H3,(H2,14,17,19,20)(H2,15,16,18,21). The molecule has 0 fully saturated rings. The van der Waals surface area contributed by atoms with Crippen LogP contribution < -0.4 is 21.3 Å². The maximum absolute atomic E-state index is 11.5. The first kappa shape index (κ1) is 21.6. The SMILES string of the molecule is CNC(=O)NC(=O)CSSCCNC(=O)NC(=O)CC(C)(C)C. The molecule has 0 bridgehead atoms. The van der Waals surface area contributed by atoms with E-state index in [4.69, 9.17) is 0 Å². The zero-order valence-corrected chi connectivity index (χ0v) is 15.4. The summed E-state index contributed by atoms with van der Waals surface area (Å²) in [5, 5.41) is 9.24. The highest BCUT2D eigenvalue weighted by Gasteiger charge is 2.17. The van der Waals surface area contributed by atoms with Gasteiger partial charge in [0.15, 0.2) is 0 Å². The fraction of sp³-hybridized carbons (Fsp3) is 0.692. The van der Waals surface area contributed by atoms with Crippen LogP contribution in [0.15, 0.2) is 0 Å². The average Bonchev–Trinajstić information content (AvgIpc) is 2.40. The molecule has 0 aromatic rings. The van der Waals surface area contributed by atoms with Crippen LogP contribution in [-0.2, 0) is 9.59 Å². The summed E-state index contributed by atoms with van der Waals surface area (Å²) in [6.45, 7) is 6.11. The summed E-state index contributed by atoms with van der Waals surface area (Å²) < 4.78 is 0. The van der Waals surface area contributed by atoms with Gasteiger partial charge in [0.2, 0.25) is 11.8 Å².